The lowest BCUT2D eigenvalue weighted by Crippen LogP contribution is -2.00. The van der Waals surface area contributed by atoms with Gasteiger partial charge in [0.2, 0.25) is 0 Å². The van der Waals surface area contributed by atoms with Crippen LogP contribution >= 0.6 is 0 Å². The molecule has 20 heavy (non-hydrogen) atoms. The second kappa shape index (κ2) is 4.52. The van der Waals surface area contributed by atoms with Crippen molar-refractivity contribution in [3.63, 3.8) is 0 Å². The molecule has 0 fully saturated rings. The third kappa shape index (κ3) is 1.87. The Kier molecular flexibility index (Phi) is 2.82. The van der Waals surface area contributed by atoms with Crippen molar-refractivity contribution in [2.24, 2.45) is 0 Å². The van der Waals surface area contributed by atoms with Gasteiger partial charge in [-0.15, -0.1) is 0 Å². The van der Waals surface area contributed by atoms with E-state index < -0.39 is 0 Å². The molecule has 0 radical (unpaired) electrons. The second-order valence-electron chi connectivity index (χ2n) is 4.56. The number of imidazole rings is 1. The second-order valence-corrected chi connectivity index (χ2v) is 4.56. The summed E-state index contributed by atoms with van der Waals surface area (Å²) in [4.78, 5) is 4.48. The summed E-state index contributed by atoms with van der Waals surface area (Å²) in [5, 5.41) is 0. The number of benzene rings is 2. The third-order valence-corrected chi connectivity index (χ3v) is 3.23. The first-order valence-corrected chi connectivity index (χ1v) is 6.18. The van der Waals surface area contributed by atoms with Gasteiger partial charge in [0.25, 0.3) is 0 Å². The molecule has 1 heterocycles. The number of anilines is 1. The van der Waals surface area contributed by atoms with Gasteiger partial charge in [-0.1, -0.05) is 0 Å². The molecule has 0 aliphatic carbocycles. The Morgan fingerprint density at radius 2 is 2.00 bits per heavy atom. The number of aromatic nitrogens is 2. The smallest absolute Gasteiger partial charge is 0.145 e. The van der Waals surface area contributed by atoms with Gasteiger partial charge in [-0.25, -0.2) is 9.37 Å². The number of hydrogen-bond donors (Lipinski definition) is 1. The highest BCUT2D eigenvalue weighted by molar-refractivity contribution is 5.82. The normalized spacial score (nSPS) is 10.9. The number of rotatable bonds is 2. The van der Waals surface area contributed by atoms with Gasteiger partial charge >= 0.3 is 0 Å². The van der Waals surface area contributed by atoms with Gasteiger partial charge in [0.05, 0.1) is 23.8 Å². The number of hydrogen-bond acceptors (Lipinski definition) is 3. The Bertz CT molecular complexity index is 795. The van der Waals surface area contributed by atoms with Crippen LogP contribution in [0, 0.1) is 12.7 Å². The summed E-state index contributed by atoms with van der Waals surface area (Å²) in [6.45, 7) is 1.89. The van der Waals surface area contributed by atoms with Gasteiger partial charge in [0.1, 0.15) is 17.4 Å². The van der Waals surface area contributed by atoms with Crippen molar-refractivity contribution in [2.75, 3.05) is 12.8 Å². The van der Waals surface area contributed by atoms with E-state index in [1.165, 1.54) is 19.2 Å². The fraction of sp³-hybridized carbons (Fsp3) is 0.133. The van der Waals surface area contributed by atoms with Crippen LogP contribution in [0.1, 0.15) is 5.82 Å². The Balaban J connectivity index is 2.32. The highest BCUT2D eigenvalue weighted by atomic mass is 19.1. The van der Waals surface area contributed by atoms with E-state index >= 15 is 0 Å². The van der Waals surface area contributed by atoms with E-state index in [0.717, 1.165) is 22.5 Å². The van der Waals surface area contributed by atoms with E-state index in [0.29, 0.717) is 11.4 Å². The van der Waals surface area contributed by atoms with Gasteiger partial charge in [0, 0.05) is 11.8 Å². The molecule has 0 saturated heterocycles. The van der Waals surface area contributed by atoms with Crippen LogP contribution in [-0.4, -0.2) is 16.7 Å². The lowest BCUT2D eigenvalue weighted by Gasteiger charge is -2.12. The van der Waals surface area contributed by atoms with Crippen LogP contribution in [0.15, 0.2) is 36.4 Å². The maximum atomic E-state index is 13.3. The highest BCUT2D eigenvalue weighted by Crippen LogP contribution is 2.29. The average Bonchev–Trinajstić information content (AvgIpc) is 2.73. The maximum Gasteiger partial charge on any atom is 0.145 e. The lowest BCUT2D eigenvalue weighted by molar-refractivity contribution is 0.409. The fourth-order valence-corrected chi connectivity index (χ4v) is 2.36. The molecule has 0 aliphatic heterocycles. The van der Waals surface area contributed by atoms with Gasteiger partial charge in [0.15, 0.2) is 0 Å². The monoisotopic (exact) mass is 271 g/mol. The molecule has 0 saturated carbocycles. The molecule has 0 spiro atoms. The highest BCUT2D eigenvalue weighted by Gasteiger charge is 2.13. The van der Waals surface area contributed by atoms with Crippen molar-refractivity contribution in [3.8, 4) is 11.4 Å². The predicted molar refractivity (Wildman–Crippen MR) is 76.7 cm³/mol. The Morgan fingerprint density at radius 1 is 1.20 bits per heavy atom. The fourth-order valence-electron chi connectivity index (χ4n) is 2.36. The predicted octanol–water partition coefficient (Wildman–Crippen LogP) is 3.06. The Morgan fingerprint density at radius 3 is 2.75 bits per heavy atom. The van der Waals surface area contributed by atoms with E-state index in [-0.39, 0.29) is 5.82 Å². The molecule has 0 amide bonds. The number of aryl methyl sites for hydroxylation is 1. The number of fused-ring (bicyclic) bond motifs is 1. The molecular weight excluding hydrogens is 257 g/mol. The minimum Gasteiger partial charge on any atom is -0.494 e. The summed E-state index contributed by atoms with van der Waals surface area (Å²) in [6.07, 6.45) is 0. The topological polar surface area (TPSA) is 53.1 Å². The zero-order valence-corrected chi connectivity index (χ0v) is 11.2. The van der Waals surface area contributed by atoms with Crippen LogP contribution < -0.4 is 10.5 Å². The zero-order chi connectivity index (χ0) is 14.3. The van der Waals surface area contributed by atoms with Crippen molar-refractivity contribution in [2.45, 2.75) is 6.92 Å². The molecular formula is C15H14FN3O. The molecule has 1 aromatic heterocycles. The van der Waals surface area contributed by atoms with Crippen molar-refractivity contribution in [3.05, 3.63) is 48.0 Å². The quantitative estimate of drug-likeness (QED) is 0.729. The Labute approximate surface area is 115 Å². The van der Waals surface area contributed by atoms with E-state index in [2.05, 4.69) is 4.98 Å². The van der Waals surface area contributed by atoms with Crippen LogP contribution in [0.25, 0.3) is 16.7 Å². The number of nitrogen functional groups attached to an aromatic ring is 1. The minimum absolute atomic E-state index is 0.336. The van der Waals surface area contributed by atoms with E-state index in [9.17, 15) is 4.39 Å². The molecule has 0 atom stereocenters. The van der Waals surface area contributed by atoms with Crippen LogP contribution in [-0.2, 0) is 0 Å². The van der Waals surface area contributed by atoms with Crippen LogP contribution in [0.3, 0.4) is 0 Å². The SMILES string of the molecule is COc1cc(F)ccc1-n1c(C)nc2cc(N)ccc21. The summed E-state index contributed by atoms with van der Waals surface area (Å²) in [5.74, 6) is 0.914. The molecule has 0 unspecified atom stereocenters. The number of halogens is 1. The van der Waals surface area contributed by atoms with Gasteiger partial charge in [-0.2, -0.15) is 0 Å². The van der Waals surface area contributed by atoms with Gasteiger partial charge < -0.3 is 10.5 Å². The summed E-state index contributed by atoms with van der Waals surface area (Å²) in [5.41, 5.74) is 8.89. The largest absolute Gasteiger partial charge is 0.494 e. The van der Waals surface area contributed by atoms with Crippen LogP contribution in [0.4, 0.5) is 10.1 Å². The maximum absolute atomic E-state index is 13.3. The van der Waals surface area contributed by atoms with Crippen LogP contribution in [0.2, 0.25) is 0 Å². The Hall–Kier alpha value is -2.56. The number of methoxy groups -OCH3 is 1. The van der Waals surface area contributed by atoms with Gasteiger partial charge in [-0.3, -0.25) is 4.57 Å². The number of nitrogens with two attached hydrogens (primary N) is 1. The average molecular weight is 271 g/mol. The number of nitrogens with zero attached hydrogens (tertiary/aromatic N) is 2. The first-order valence-electron chi connectivity index (χ1n) is 6.18. The summed E-state index contributed by atoms with van der Waals surface area (Å²) < 4.78 is 20.5. The summed E-state index contributed by atoms with van der Waals surface area (Å²) >= 11 is 0. The third-order valence-electron chi connectivity index (χ3n) is 3.23. The van der Waals surface area contributed by atoms with Crippen molar-refractivity contribution >= 4 is 16.7 Å². The molecule has 5 heteroatoms. The molecule has 3 aromatic rings. The standard InChI is InChI=1S/C15H14FN3O/c1-9-18-12-8-11(17)4-6-13(12)19(9)14-5-3-10(16)7-15(14)20-2/h3-8H,17H2,1-2H3. The summed E-state index contributed by atoms with van der Waals surface area (Å²) in [6, 6.07) is 9.97. The van der Waals surface area contributed by atoms with E-state index in [1.54, 1.807) is 6.07 Å². The van der Waals surface area contributed by atoms with Gasteiger partial charge in [-0.05, 0) is 37.3 Å². The molecule has 3 rings (SSSR count). The van der Waals surface area contributed by atoms with E-state index in [1.807, 2.05) is 29.7 Å². The minimum atomic E-state index is -0.336. The molecule has 102 valence electrons. The number of ether oxygens (including phenoxy) is 1. The lowest BCUT2D eigenvalue weighted by atomic mass is 10.2. The molecule has 0 aliphatic rings. The molecule has 2 N–H and O–H groups in total. The summed E-state index contributed by atoms with van der Waals surface area (Å²) in [7, 11) is 1.52. The van der Waals surface area contributed by atoms with E-state index in [4.69, 9.17) is 10.5 Å². The van der Waals surface area contributed by atoms with Crippen LogP contribution in [0.5, 0.6) is 5.75 Å². The first kappa shape index (κ1) is 12.5. The van der Waals surface area contributed by atoms with Crippen molar-refractivity contribution in [1.82, 2.24) is 9.55 Å². The molecule has 4 nitrogen and oxygen atoms in total. The van der Waals surface area contributed by atoms with Crippen molar-refractivity contribution < 1.29 is 9.13 Å². The van der Waals surface area contributed by atoms with Crippen molar-refractivity contribution in [1.29, 1.82) is 0 Å². The molecule has 0 bridgehead atoms. The zero-order valence-electron chi connectivity index (χ0n) is 11.2. The molecule has 2 aromatic carbocycles. The first-order chi connectivity index (χ1) is 9.60.